The summed E-state index contributed by atoms with van der Waals surface area (Å²) in [6.45, 7) is 0.500. The van der Waals surface area contributed by atoms with Gasteiger partial charge in [0.25, 0.3) is 0 Å². The number of hydrogen-bond acceptors (Lipinski definition) is 2. The lowest BCUT2D eigenvalue weighted by Gasteiger charge is -1.32. The maximum absolute atomic E-state index is 8.46. The fraction of sp³-hybridized carbons (Fsp3) is 0. The predicted molar refractivity (Wildman–Crippen MR) is 20.5 cm³/mol. The van der Waals surface area contributed by atoms with Crippen LogP contribution < -0.4 is 0 Å². The predicted octanol–water partition coefficient (Wildman–Crippen LogP) is -0.984. The van der Waals surface area contributed by atoms with Gasteiger partial charge in [0, 0.05) is 0 Å². The van der Waals surface area contributed by atoms with Gasteiger partial charge in [-0.15, -0.1) is 0 Å². The highest BCUT2D eigenvalue weighted by Gasteiger charge is 1.30. The second-order valence-electron chi connectivity index (χ2n) is 0.173. The van der Waals surface area contributed by atoms with Gasteiger partial charge in [-0.3, -0.25) is 0 Å². The van der Waals surface area contributed by atoms with Gasteiger partial charge in [-0.2, -0.15) is 0 Å². The van der Waals surface area contributed by atoms with Crippen LogP contribution in [0.5, 0.6) is 0 Å². The summed E-state index contributed by atoms with van der Waals surface area (Å²) < 4.78 is 15.4. The molecule has 0 rings (SSSR count). The Morgan fingerprint density at radius 1 is 1.67 bits per heavy atom. The average molecular weight is 111 g/mol. The Kier molecular flexibility index (Phi) is 35.8. The Morgan fingerprint density at radius 2 is 1.67 bits per heavy atom. The summed E-state index contributed by atoms with van der Waals surface area (Å²) in [7, 11) is 0. The largest absolute Gasteiger partial charge is 0.473 e. The Morgan fingerprint density at radius 3 is 1.67 bits per heavy atom. The summed E-state index contributed by atoms with van der Waals surface area (Å²) in [5.74, 6) is 0. The average Bonchev–Trinajstić information content (AvgIpc) is 1.39. The molecule has 0 amide bonds. The minimum Gasteiger partial charge on any atom is -0.473 e. The Hall–Kier alpha value is -0.420. The lowest BCUT2D eigenvalue weighted by atomic mass is 11.7. The van der Waals surface area contributed by atoms with Crippen LogP contribution in [0.4, 0.5) is 0 Å². The summed E-state index contributed by atoms with van der Waals surface area (Å²) in [4.78, 5) is 8.24. The van der Waals surface area contributed by atoms with Crippen LogP contribution in [-0.2, 0) is 16.7 Å². The van der Waals surface area contributed by atoms with Crippen molar-refractivity contribution in [2.75, 3.05) is 0 Å². The minimum atomic E-state index is -0.833. The molecule has 0 atom stereocenters. The zero-order chi connectivity index (χ0) is 5.41. The van der Waals surface area contributed by atoms with Crippen molar-refractivity contribution in [2.45, 2.75) is 0 Å². The first-order valence-electron chi connectivity index (χ1n) is 0.810. The highest BCUT2D eigenvalue weighted by atomic mass is 32.2. The highest BCUT2D eigenvalue weighted by Crippen LogP contribution is 1.08. The first-order chi connectivity index (χ1) is 2.83. The van der Waals surface area contributed by atoms with E-state index in [-0.39, 0.29) is 0 Å². The molecule has 0 aromatic heterocycles. The summed E-state index contributed by atoms with van der Waals surface area (Å²) in [5, 5.41) is 6.76. The molecule has 0 spiro atoms. The molecule has 2 N–H and O–H groups in total. The quantitative estimate of drug-likeness (QED) is 0.277. The van der Waals surface area contributed by atoms with Gasteiger partial charge in [0.1, 0.15) is 11.9 Å². The second-order valence-corrected chi connectivity index (χ2v) is 0.336. The van der Waals surface area contributed by atoms with E-state index in [9.17, 15) is 0 Å². The molecule has 0 aliphatic rings. The van der Waals surface area contributed by atoms with Gasteiger partial charge in [0.2, 0.25) is 0 Å². The first-order valence-corrected chi connectivity index (χ1v) is 1.58. The molecule has 0 aliphatic carbocycles. The van der Waals surface area contributed by atoms with Gasteiger partial charge >= 0.3 is 6.47 Å². The lowest BCUT2D eigenvalue weighted by molar-refractivity contribution is 0.437. The normalized spacial score (nSPS) is 4.83. The fourth-order valence-electron chi connectivity index (χ4n) is 0. The molecular weight excluding hydrogens is 108 g/mol. The van der Waals surface area contributed by atoms with E-state index >= 15 is 0 Å². The molecule has 5 heteroatoms. The van der Waals surface area contributed by atoms with Gasteiger partial charge in [-0.1, -0.05) is 0 Å². The molecule has 0 heterocycles. The van der Waals surface area contributed by atoms with Crippen molar-refractivity contribution in [1.82, 2.24) is 0 Å². The Balaban J connectivity index is 0. The molecule has 0 bridgehead atoms. The molecule has 0 saturated carbocycles. The van der Waals surface area contributed by atoms with Crippen LogP contribution in [0.25, 0.3) is 0 Å². The van der Waals surface area contributed by atoms with Crippen molar-refractivity contribution in [3.05, 3.63) is 0 Å². The SMILES string of the molecule is O=[C]O.O=[SH]O. The Bertz CT molecular complexity index is 28.5. The van der Waals surface area contributed by atoms with Crippen LogP contribution >= 0.6 is 0 Å². The van der Waals surface area contributed by atoms with E-state index in [1.807, 2.05) is 0 Å². The van der Waals surface area contributed by atoms with Crippen molar-refractivity contribution in [3.63, 3.8) is 0 Å². The number of hydrogen-bond donors (Lipinski definition) is 3. The molecule has 0 saturated heterocycles. The maximum Gasteiger partial charge on any atom is 0.414 e. The Labute approximate surface area is 38.1 Å². The summed E-state index contributed by atoms with van der Waals surface area (Å²) in [6, 6.07) is 0. The third kappa shape index (κ3) is 135. The molecule has 0 aromatic rings. The van der Waals surface area contributed by atoms with Gasteiger partial charge in [-0.25, -0.2) is 9.00 Å². The van der Waals surface area contributed by atoms with Gasteiger partial charge in [0.15, 0.2) is 0 Å². The smallest absolute Gasteiger partial charge is 0.414 e. The summed E-state index contributed by atoms with van der Waals surface area (Å²) in [5.41, 5.74) is 0. The zero-order valence-electron chi connectivity index (χ0n) is 2.66. The maximum atomic E-state index is 8.46. The molecular formula is CH3O4S. The van der Waals surface area contributed by atoms with Crippen molar-refractivity contribution < 1.29 is 18.7 Å². The first kappa shape index (κ1) is 9.13. The van der Waals surface area contributed by atoms with Crippen molar-refractivity contribution in [2.24, 2.45) is 0 Å². The molecule has 0 fully saturated rings. The van der Waals surface area contributed by atoms with E-state index in [1.165, 1.54) is 0 Å². The van der Waals surface area contributed by atoms with Crippen LogP contribution in [0.15, 0.2) is 0 Å². The van der Waals surface area contributed by atoms with E-state index in [0.717, 1.165) is 0 Å². The molecule has 0 aliphatic heterocycles. The van der Waals surface area contributed by atoms with Crippen molar-refractivity contribution in [1.29, 1.82) is 0 Å². The van der Waals surface area contributed by atoms with E-state index in [4.69, 9.17) is 18.7 Å². The topological polar surface area (TPSA) is 74.6 Å². The van der Waals surface area contributed by atoms with Crippen LogP contribution in [0, 0.1) is 0 Å². The fourth-order valence-corrected chi connectivity index (χ4v) is 0. The van der Waals surface area contributed by atoms with Crippen LogP contribution in [0.2, 0.25) is 0 Å². The van der Waals surface area contributed by atoms with Crippen LogP contribution in [0.1, 0.15) is 0 Å². The van der Waals surface area contributed by atoms with Gasteiger partial charge in [0.05, 0.1) is 0 Å². The summed E-state index contributed by atoms with van der Waals surface area (Å²) in [6.07, 6.45) is 0. The third-order valence-electron chi connectivity index (χ3n) is 0. The van der Waals surface area contributed by atoms with E-state index in [2.05, 4.69) is 0 Å². The third-order valence-corrected chi connectivity index (χ3v) is 0. The van der Waals surface area contributed by atoms with Crippen LogP contribution in [0.3, 0.4) is 0 Å². The number of aliphatic hydroxyl groups excluding tert-OH is 1. The highest BCUT2D eigenvalue weighted by molar-refractivity contribution is 7.59. The van der Waals surface area contributed by atoms with Crippen molar-refractivity contribution in [3.8, 4) is 0 Å². The van der Waals surface area contributed by atoms with Gasteiger partial charge < -0.3 is 9.66 Å². The molecule has 4 nitrogen and oxygen atoms in total. The van der Waals surface area contributed by atoms with E-state index in [1.54, 1.807) is 0 Å². The van der Waals surface area contributed by atoms with E-state index < -0.39 is 11.9 Å². The zero-order valence-corrected chi connectivity index (χ0v) is 3.55. The molecule has 0 aromatic carbocycles. The van der Waals surface area contributed by atoms with Crippen molar-refractivity contribution >= 4 is 18.4 Å². The van der Waals surface area contributed by atoms with Crippen LogP contribution in [-0.4, -0.2) is 20.3 Å². The molecule has 0 unspecified atom stereocenters. The molecule has 37 valence electrons. The standard InChI is InChI=1S/CHO2.H2O2S/c2-1-3;1-3-2/h(H,2,3);3H,(H,1,2). The summed E-state index contributed by atoms with van der Waals surface area (Å²) >= 11 is -0.833. The number of rotatable bonds is 0. The van der Waals surface area contributed by atoms with E-state index in [0.29, 0.717) is 6.47 Å². The van der Waals surface area contributed by atoms with Gasteiger partial charge in [-0.05, 0) is 0 Å². The monoisotopic (exact) mass is 111 g/mol. The molecule has 1 radical (unpaired) electrons. The molecule has 6 heavy (non-hydrogen) atoms. The lowest BCUT2D eigenvalue weighted by Crippen LogP contribution is -1.48. The number of thiol groups is 1. The second kappa shape index (κ2) is 23.5. The minimum absolute atomic E-state index is 0.500.